The number of anilines is 2. The molecule has 336 valence electrons. The van der Waals surface area contributed by atoms with E-state index in [1.807, 2.05) is 0 Å². The Balaban J connectivity index is 0.00000793. The number of hydrogen-bond donors (Lipinski definition) is 2. The van der Waals surface area contributed by atoms with Crippen LogP contribution >= 0.6 is 0 Å². The van der Waals surface area contributed by atoms with Crippen LogP contribution < -0.4 is 189 Å². The number of fused-ring (bicyclic) bond motifs is 2. The summed E-state index contributed by atoms with van der Waals surface area (Å²) < 4.78 is 215. The zero-order valence-corrected chi connectivity index (χ0v) is 53.9. The molecular formula is C34H20N6Na6O18S6. The monoisotopic (exact) mass is 1130 g/mol. The van der Waals surface area contributed by atoms with Gasteiger partial charge in [-0.1, -0.05) is 36.4 Å². The van der Waals surface area contributed by atoms with Crippen LogP contribution in [-0.2, 0) is 60.7 Å². The molecule has 4 N–H and O–H groups in total. The molecule has 0 unspecified atom stereocenters. The van der Waals surface area contributed by atoms with Crippen LogP contribution in [-0.4, -0.2) is 77.8 Å². The van der Waals surface area contributed by atoms with E-state index >= 15 is 0 Å². The van der Waals surface area contributed by atoms with Crippen LogP contribution in [0, 0.1) is 0 Å². The van der Waals surface area contributed by atoms with Crippen LogP contribution in [0.3, 0.4) is 0 Å². The molecule has 0 aliphatic heterocycles. The van der Waals surface area contributed by atoms with E-state index in [4.69, 9.17) is 11.5 Å². The van der Waals surface area contributed by atoms with E-state index < -0.39 is 135 Å². The second-order valence-electron chi connectivity index (χ2n) is 12.9. The van der Waals surface area contributed by atoms with Gasteiger partial charge in [0.1, 0.15) is 72.1 Å². The summed E-state index contributed by atoms with van der Waals surface area (Å²) in [5.74, 6) is 0. The van der Waals surface area contributed by atoms with Crippen molar-refractivity contribution in [2.45, 2.75) is 29.4 Å². The van der Waals surface area contributed by atoms with Crippen molar-refractivity contribution in [3.8, 4) is 0 Å². The molecule has 0 saturated carbocycles. The summed E-state index contributed by atoms with van der Waals surface area (Å²) >= 11 is 0. The van der Waals surface area contributed by atoms with Gasteiger partial charge in [0, 0.05) is 10.8 Å². The van der Waals surface area contributed by atoms with E-state index in [1.165, 1.54) is 0 Å². The Bertz CT molecular complexity index is 3580. The van der Waals surface area contributed by atoms with Crippen LogP contribution in [0.25, 0.3) is 33.7 Å². The quantitative estimate of drug-likeness (QED) is 0.0378. The van der Waals surface area contributed by atoms with Gasteiger partial charge in [-0.05, 0) is 82.6 Å². The minimum atomic E-state index is -5.41. The first-order valence-corrected chi connectivity index (χ1v) is 25.1. The summed E-state index contributed by atoms with van der Waals surface area (Å²) in [6, 6.07) is 12.0. The first-order valence-electron chi connectivity index (χ1n) is 16.6. The minimum absolute atomic E-state index is 0. The zero-order valence-electron chi connectivity index (χ0n) is 37.0. The van der Waals surface area contributed by atoms with E-state index in [0.717, 1.165) is 72.8 Å². The molecule has 0 saturated heterocycles. The standard InChI is InChI=1S/C34H26N6O18S6.6Na/c35-31-29(63(53,54)55)13-19-11-23(59(41,42)43)7-9-25(19)33(31)39-37-21-5-3-17(27(15-21)61(47,48)49)1-2-18-4-6-22(16-28(18)62(50,51)52)38-40-34-26-10-8-24(60(44,45)46)12-20(26)14-30(32(34)36)64(56,57)58;;;;;;/h1-16H,35-36H2,(H,41,42,43)(H,44,45,46)(H,47,48,49)(H,50,51,52)(H,53,54,55)(H,56,57,58);;;;;;/q;6*+1/p-6/b2-1+,39-37?,40-38?;;;;;;. The summed E-state index contributed by atoms with van der Waals surface area (Å²) in [4.78, 5) is -5.76. The number of nitrogens with zero attached hydrogens (tertiary/aromatic N) is 4. The van der Waals surface area contributed by atoms with Gasteiger partial charge in [-0.25, -0.2) is 50.5 Å². The Morgan fingerprint density at radius 2 is 0.657 bits per heavy atom. The third-order valence-electron chi connectivity index (χ3n) is 8.79. The molecular weight excluding hydrogens is 1110 g/mol. The molecule has 0 atom stereocenters. The molecule has 0 spiro atoms. The van der Waals surface area contributed by atoms with Crippen LogP contribution in [0.2, 0.25) is 0 Å². The fraction of sp³-hybridized carbons (Fsp3) is 0. The largest absolute Gasteiger partial charge is 1.00 e. The molecule has 24 nitrogen and oxygen atoms in total. The second-order valence-corrected chi connectivity index (χ2v) is 21.1. The van der Waals surface area contributed by atoms with E-state index in [-0.39, 0.29) is 199 Å². The third-order valence-corrected chi connectivity index (χ3v) is 14.0. The molecule has 70 heavy (non-hydrogen) atoms. The van der Waals surface area contributed by atoms with Crippen molar-refractivity contribution < 1.29 is 255 Å². The van der Waals surface area contributed by atoms with E-state index in [2.05, 4.69) is 20.5 Å². The molecule has 0 aliphatic carbocycles. The summed E-state index contributed by atoms with van der Waals surface area (Å²) in [6.45, 7) is 0. The number of benzene rings is 6. The van der Waals surface area contributed by atoms with Gasteiger partial charge in [0.2, 0.25) is 0 Å². The fourth-order valence-electron chi connectivity index (χ4n) is 5.93. The molecule has 0 aromatic heterocycles. The molecule has 0 heterocycles. The van der Waals surface area contributed by atoms with Crippen molar-refractivity contribution in [2.24, 2.45) is 20.5 Å². The van der Waals surface area contributed by atoms with E-state index in [9.17, 15) is 77.8 Å². The van der Waals surface area contributed by atoms with Gasteiger partial charge in [0.25, 0.3) is 0 Å². The van der Waals surface area contributed by atoms with Crippen molar-refractivity contribution in [2.75, 3.05) is 11.5 Å². The molecule has 0 radical (unpaired) electrons. The topological polar surface area (TPSA) is 445 Å². The maximum atomic E-state index is 12.4. The van der Waals surface area contributed by atoms with Gasteiger partial charge in [-0.2, -0.15) is 10.2 Å². The number of nitrogens with two attached hydrogens (primary N) is 2. The minimum Gasteiger partial charge on any atom is -0.744 e. The van der Waals surface area contributed by atoms with Crippen LogP contribution in [0.15, 0.2) is 135 Å². The first-order chi connectivity index (χ1) is 29.3. The molecule has 36 heteroatoms. The molecule has 0 bridgehead atoms. The molecule has 6 rings (SSSR count). The third kappa shape index (κ3) is 16.7. The Labute approximate surface area is 532 Å². The Morgan fingerprint density at radius 3 is 0.929 bits per heavy atom. The van der Waals surface area contributed by atoms with Crippen LogP contribution in [0.5, 0.6) is 0 Å². The average Bonchev–Trinajstić information content (AvgIpc) is 3.16. The summed E-state index contributed by atoms with van der Waals surface area (Å²) in [5, 5.41) is 14.3. The van der Waals surface area contributed by atoms with Gasteiger partial charge >= 0.3 is 177 Å². The van der Waals surface area contributed by atoms with Crippen molar-refractivity contribution >= 4 is 129 Å². The number of nitrogen functional groups attached to an aromatic ring is 2. The smallest absolute Gasteiger partial charge is 0.744 e. The Morgan fingerprint density at radius 1 is 0.357 bits per heavy atom. The zero-order chi connectivity index (χ0) is 47.5. The SMILES string of the molecule is Nc1c(S(=O)(=O)[O-])cc2cc(S(=O)(=O)[O-])ccc2c1N=Nc1ccc(/C=C/c2ccc(N=Nc3c(N)c(S(=O)(=O)[O-])cc4cc(S(=O)(=O)[O-])ccc34)cc2S(=O)(=O)[O-])c(S(=O)(=O)[O-])c1.[Na+].[Na+].[Na+].[Na+].[Na+].[Na+]. The maximum absolute atomic E-state index is 12.4. The average molecular weight is 1130 g/mol. The summed E-state index contributed by atoms with van der Waals surface area (Å²) in [5.41, 5.74) is 7.52. The van der Waals surface area contributed by atoms with Gasteiger partial charge in [-0.3, -0.25) is 0 Å². The maximum Gasteiger partial charge on any atom is 1.00 e. The molecule has 0 amide bonds. The number of rotatable bonds is 12. The number of azo groups is 2. The van der Waals surface area contributed by atoms with Crippen molar-refractivity contribution in [1.82, 2.24) is 0 Å². The molecule has 0 fully saturated rings. The van der Waals surface area contributed by atoms with Gasteiger partial charge in [0.05, 0.1) is 52.1 Å². The van der Waals surface area contributed by atoms with Crippen LogP contribution in [0.1, 0.15) is 11.1 Å². The molecule has 6 aromatic carbocycles. The number of hydrogen-bond acceptors (Lipinski definition) is 24. The van der Waals surface area contributed by atoms with Gasteiger partial charge in [-0.15, -0.1) is 10.2 Å². The molecule has 0 aliphatic rings. The summed E-state index contributed by atoms with van der Waals surface area (Å²) in [7, 11) is -31.6. The first kappa shape index (κ1) is 69.8. The molecule has 6 aromatic rings. The van der Waals surface area contributed by atoms with Gasteiger partial charge in [0.15, 0.2) is 0 Å². The normalized spacial score (nSPS) is 12.4. The Kier molecular flexibility index (Phi) is 26.2. The summed E-state index contributed by atoms with van der Waals surface area (Å²) in [6.07, 6.45) is 1.81. The van der Waals surface area contributed by atoms with E-state index in [0.29, 0.717) is 24.3 Å². The van der Waals surface area contributed by atoms with Crippen molar-refractivity contribution in [3.05, 3.63) is 96.1 Å². The van der Waals surface area contributed by atoms with E-state index in [1.54, 1.807) is 0 Å². The second kappa shape index (κ2) is 26.3. The predicted molar refractivity (Wildman–Crippen MR) is 215 cm³/mol. The fourth-order valence-corrected chi connectivity index (χ4v) is 9.59. The van der Waals surface area contributed by atoms with Crippen molar-refractivity contribution in [1.29, 1.82) is 0 Å². The predicted octanol–water partition coefficient (Wildman–Crippen LogP) is -14.4. The van der Waals surface area contributed by atoms with Gasteiger partial charge < -0.3 is 38.8 Å². The van der Waals surface area contributed by atoms with Crippen molar-refractivity contribution in [3.63, 3.8) is 0 Å². The van der Waals surface area contributed by atoms with Crippen LogP contribution in [0.4, 0.5) is 34.1 Å². The Hall–Kier alpha value is -0.160.